The predicted octanol–water partition coefficient (Wildman–Crippen LogP) is 1.23. The second-order valence-electron chi connectivity index (χ2n) is 4.73. The highest BCUT2D eigenvalue weighted by atomic mass is 16.6. The number of nitrogens with zero attached hydrogens (tertiary/aromatic N) is 1. The Labute approximate surface area is 116 Å². The van der Waals surface area contributed by atoms with Crippen LogP contribution >= 0.6 is 0 Å². The van der Waals surface area contributed by atoms with Crippen LogP contribution in [0.25, 0.3) is 0 Å². The molecule has 2 rings (SSSR count). The number of benzene rings is 1. The van der Waals surface area contributed by atoms with Crippen molar-refractivity contribution in [3.63, 3.8) is 0 Å². The van der Waals surface area contributed by atoms with Gasteiger partial charge in [0.15, 0.2) is 6.10 Å². The Balaban J connectivity index is 1.93. The highest BCUT2D eigenvalue weighted by Gasteiger charge is 2.38. The Hall–Kier alpha value is -2.08. The van der Waals surface area contributed by atoms with Gasteiger partial charge in [0, 0.05) is 6.54 Å². The number of hydrogen-bond donors (Lipinski definition) is 2. The summed E-state index contributed by atoms with van der Waals surface area (Å²) in [7, 11) is 0. The third-order valence-electron chi connectivity index (χ3n) is 3.36. The van der Waals surface area contributed by atoms with Gasteiger partial charge in [0.05, 0.1) is 6.04 Å². The molecule has 0 radical (unpaired) electrons. The first-order chi connectivity index (χ1) is 9.59. The summed E-state index contributed by atoms with van der Waals surface area (Å²) in [6, 6.07) is 8.51. The van der Waals surface area contributed by atoms with E-state index in [2.05, 4.69) is 0 Å². The van der Waals surface area contributed by atoms with Gasteiger partial charge in [0.1, 0.15) is 6.61 Å². The van der Waals surface area contributed by atoms with E-state index in [1.165, 1.54) is 4.90 Å². The van der Waals surface area contributed by atoms with Gasteiger partial charge in [-0.15, -0.1) is 0 Å². The average Bonchev–Trinajstić information content (AvgIpc) is 2.94. The molecule has 0 bridgehead atoms. The molecule has 1 aliphatic heterocycles. The van der Waals surface area contributed by atoms with Gasteiger partial charge in [-0.1, -0.05) is 30.3 Å². The summed E-state index contributed by atoms with van der Waals surface area (Å²) in [6.45, 7) is 0.536. The smallest absolute Gasteiger partial charge is 0.410 e. The summed E-state index contributed by atoms with van der Waals surface area (Å²) in [4.78, 5) is 24.1. The van der Waals surface area contributed by atoms with Crippen molar-refractivity contribution in [2.24, 2.45) is 0 Å². The summed E-state index contributed by atoms with van der Waals surface area (Å²) in [5.74, 6) is -1.32. The molecular weight excluding hydrogens is 262 g/mol. The Morgan fingerprint density at radius 3 is 2.70 bits per heavy atom. The number of carboxylic acids is 1. The second kappa shape index (κ2) is 6.38. The topological polar surface area (TPSA) is 87.1 Å². The monoisotopic (exact) mass is 279 g/mol. The van der Waals surface area contributed by atoms with Gasteiger partial charge >= 0.3 is 12.1 Å². The maximum atomic E-state index is 12.0. The molecule has 108 valence electrons. The Bertz CT molecular complexity index is 476. The normalized spacial score (nSPS) is 19.6. The van der Waals surface area contributed by atoms with Crippen LogP contribution in [-0.2, 0) is 16.1 Å². The van der Waals surface area contributed by atoms with Crippen LogP contribution in [0.3, 0.4) is 0 Å². The molecule has 0 aliphatic carbocycles. The van der Waals surface area contributed by atoms with Gasteiger partial charge in [-0.3, -0.25) is 0 Å². The van der Waals surface area contributed by atoms with E-state index in [1.54, 1.807) is 0 Å². The summed E-state index contributed by atoms with van der Waals surface area (Å²) in [5, 5.41) is 18.4. The lowest BCUT2D eigenvalue weighted by molar-refractivity contribution is -0.149. The highest BCUT2D eigenvalue weighted by Crippen LogP contribution is 2.21. The first-order valence-corrected chi connectivity index (χ1v) is 6.48. The van der Waals surface area contributed by atoms with Crippen LogP contribution < -0.4 is 0 Å². The molecule has 1 amide bonds. The number of ether oxygens (including phenoxy) is 1. The first kappa shape index (κ1) is 14.3. The number of rotatable bonds is 4. The molecule has 1 fully saturated rings. The lowest BCUT2D eigenvalue weighted by Gasteiger charge is -2.25. The molecule has 1 saturated heterocycles. The van der Waals surface area contributed by atoms with E-state index in [1.807, 2.05) is 30.3 Å². The SMILES string of the molecule is O=C(O)[C@H](O)[C@@H]1CCCN1C(=O)OCc1ccccc1. The third kappa shape index (κ3) is 3.27. The fourth-order valence-electron chi connectivity index (χ4n) is 2.31. The molecule has 1 aromatic rings. The van der Waals surface area contributed by atoms with E-state index in [-0.39, 0.29) is 6.61 Å². The molecule has 0 unspecified atom stereocenters. The van der Waals surface area contributed by atoms with E-state index < -0.39 is 24.2 Å². The number of hydrogen-bond acceptors (Lipinski definition) is 4. The molecule has 2 N–H and O–H groups in total. The standard InChI is InChI=1S/C14H17NO5/c16-12(13(17)18)11-7-4-8-15(11)14(19)20-9-10-5-2-1-3-6-10/h1-3,5-6,11-12,16H,4,7-9H2,(H,17,18)/t11-,12+/m0/s1. The summed E-state index contributed by atoms with van der Waals surface area (Å²) in [5.41, 5.74) is 0.857. The number of amides is 1. The quantitative estimate of drug-likeness (QED) is 0.865. The maximum Gasteiger partial charge on any atom is 0.410 e. The van der Waals surface area contributed by atoms with Gasteiger partial charge in [-0.2, -0.15) is 0 Å². The van der Waals surface area contributed by atoms with Crippen LogP contribution in [0.15, 0.2) is 30.3 Å². The van der Waals surface area contributed by atoms with Crippen LogP contribution in [-0.4, -0.2) is 45.9 Å². The highest BCUT2D eigenvalue weighted by molar-refractivity contribution is 5.75. The van der Waals surface area contributed by atoms with E-state index in [0.29, 0.717) is 19.4 Å². The van der Waals surface area contributed by atoms with Crippen molar-refractivity contribution in [3.8, 4) is 0 Å². The number of aliphatic hydroxyl groups excluding tert-OH is 1. The van der Waals surface area contributed by atoms with Crippen LogP contribution in [0, 0.1) is 0 Å². The molecule has 1 aliphatic rings. The van der Waals surface area contributed by atoms with E-state index in [0.717, 1.165) is 5.56 Å². The van der Waals surface area contributed by atoms with Crippen molar-refractivity contribution in [2.75, 3.05) is 6.54 Å². The van der Waals surface area contributed by atoms with Crippen molar-refractivity contribution in [1.82, 2.24) is 4.90 Å². The van der Waals surface area contributed by atoms with Crippen molar-refractivity contribution < 1.29 is 24.5 Å². The minimum atomic E-state index is -1.57. The van der Waals surface area contributed by atoms with Gasteiger partial charge in [-0.05, 0) is 18.4 Å². The molecule has 2 atom stereocenters. The zero-order valence-corrected chi connectivity index (χ0v) is 10.9. The van der Waals surface area contributed by atoms with Crippen molar-refractivity contribution in [2.45, 2.75) is 31.6 Å². The van der Waals surface area contributed by atoms with Gasteiger partial charge in [0.25, 0.3) is 0 Å². The molecule has 1 aromatic carbocycles. The van der Waals surface area contributed by atoms with E-state index in [4.69, 9.17) is 9.84 Å². The van der Waals surface area contributed by atoms with Crippen LogP contribution in [0.4, 0.5) is 4.79 Å². The Morgan fingerprint density at radius 2 is 2.05 bits per heavy atom. The molecular formula is C14H17NO5. The van der Waals surface area contributed by atoms with E-state index in [9.17, 15) is 14.7 Å². The molecule has 0 aromatic heterocycles. The number of carbonyl (C=O) groups is 2. The Morgan fingerprint density at radius 1 is 1.35 bits per heavy atom. The molecule has 0 saturated carbocycles. The minimum Gasteiger partial charge on any atom is -0.479 e. The van der Waals surface area contributed by atoms with Crippen LogP contribution in [0.1, 0.15) is 18.4 Å². The Kier molecular flexibility index (Phi) is 4.57. The summed E-state index contributed by atoms with van der Waals surface area (Å²) < 4.78 is 5.16. The second-order valence-corrected chi connectivity index (χ2v) is 4.73. The lowest BCUT2D eigenvalue weighted by Crippen LogP contribution is -2.46. The summed E-state index contributed by atoms with van der Waals surface area (Å²) >= 11 is 0. The van der Waals surface area contributed by atoms with Crippen molar-refractivity contribution in [1.29, 1.82) is 0 Å². The fourth-order valence-corrected chi connectivity index (χ4v) is 2.31. The van der Waals surface area contributed by atoms with Gasteiger partial charge in [0.2, 0.25) is 0 Å². The molecule has 1 heterocycles. The molecule has 6 nitrogen and oxygen atoms in total. The number of carbonyl (C=O) groups excluding carboxylic acids is 1. The van der Waals surface area contributed by atoms with Crippen LogP contribution in [0.5, 0.6) is 0 Å². The zero-order valence-electron chi connectivity index (χ0n) is 10.9. The van der Waals surface area contributed by atoms with Crippen molar-refractivity contribution in [3.05, 3.63) is 35.9 Å². The van der Waals surface area contributed by atoms with Gasteiger partial charge in [-0.25, -0.2) is 9.59 Å². The summed E-state index contributed by atoms with van der Waals surface area (Å²) in [6.07, 6.45) is -1.03. The van der Waals surface area contributed by atoms with Gasteiger partial charge < -0.3 is 19.8 Å². The predicted molar refractivity (Wildman–Crippen MR) is 70.0 cm³/mol. The maximum absolute atomic E-state index is 12.0. The largest absolute Gasteiger partial charge is 0.479 e. The molecule has 0 spiro atoms. The van der Waals surface area contributed by atoms with E-state index >= 15 is 0 Å². The van der Waals surface area contributed by atoms with Crippen LogP contribution in [0.2, 0.25) is 0 Å². The molecule has 6 heteroatoms. The average molecular weight is 279 g/mol. The first-order valence-electron chi connectivity index (χ1n) is 6.48. The number of carboxylic acid groups (broad SMARTS) is 1. The zero-order chi connectivity index (χ0) is 14.5. The molecule has 20 heavy (non-hydrogen) atoms. The number of aliphatic hydroxyl groups is 1. The number of aliphatic carboxylic acids is 1. The lowest BCUT2D eigenvalue weighted by atomic mass is 10.1. The van der Waals surface area contributed by atoms with Crippen molar-refractivity contribution >= 4 is 12.1 Å². The third-order valence-corrected chi connectivity index (χ3v) is 3.36. The fraction of sp³-hybridized carbons (Fsp3) is 0.429. The number of likely N-dealkylation sites (tertiary alicyclic amines) is 1. The minimum absolute atomic E-state index is 0.131.